The Morgan fingerprint density at radius 1 is 1.14 bits per heavy atom. The fourth-order valence-electron chi connectivity index (χ4n) is 1.70. The molecule has 0 bridgehead atoms. The number of sulfone groups is 1. The normalized spacial score (nSPS) is 11.5. The molecule has 2 rings (SSSR count). The number of hydrogen-bond donors (Lipinski definition) is 1. The lowest BCUT2D eigenvalue weighted by molar-refractivity contribution is 0.102. The second-order valence-electron chi connectivity index (χ2n) is 4.45. The minimum atomic E-state index is -4.66. The second-order valence-corrected chi connectivity index (χ2v) is 6.37. The zero-order valence-corrected chi connectivity index (χ0v) is 12.3. The van der Waals surface area contributed by atoms with Gasteiger partial charge in [0, 0.05) is 11.3 Å². The third-order valence-corrected chi connectivity index (χ3v) is 4.21. The number of aromatic nitrogens is 1. The summed E-state index contributed by atoms with van der Waals surface area (Å²) in [5.74, 6) is -3.67. The number of halogens is 2. The van der Waals surface area contributed by atoms with Crippen molar-refractivity contribution in [2.45, 2.75) is 17.6 Å². The van der Waals surface area contributed by atoms with Crippen LogP contribution >= 0.6 is 0 Å². The molecular weight excluding hydrogens is 314 g/mol. The van der Waals surface area contributed by atoms with E-state index >= 15 is 0 Å². The van der Waals surface area contributed by atoms with Gasteiger partial charge in [0.2, 0.25) is 9.84 Å². The highest BCUT2D eigenvalue weighted by Gasteiger charge is 2.26. The van der Waals surface area contributed by atoms with Gasteiger partial charge in [-0.05, 0) is 43.3 Å². The van der Waals surface area contributed by atoms with Crippen molar-refractivity contribution < 1.29 is 22.0 Å². The SMILES string of the molecule is Cc1cccc(NC(=O)c2ccc(S(=O)(=O)C(F)F)cc2)n1. The molecule has 1 aromatic carbocycles. The van der Waals surface area contributed by atoms with Gasteiger partial charge in [-0.25, -0.2) is 13.4 Å². The number of alkyl halides is 2. The van der Waals surface area contributed by atoms with Crippen LogP contribution in [-0.2, 0) is 9.84 Å². The molecule has 116 valence electrons. The van der Waals surface area contributed by atoms with Crippen LogP contribution in [0.25, 0.3) is 0 Å². The number of hydrogen-bond acceptors (Lipinski definition) is 4. The van der Waals surface area contributed by atoms with Crippen LogP contribution in [0.4, 0.5) is 14.6 Å². The maximum Gasteiger partial charge on any atom is 0.341 e. The number of nitrogens with one attached hydrogen (secondary N) is 1. The molecule has 0 spiro atoms. The number of benzene rings is 1. The summed E-state index contributed by atoms with van der Waals surface area (Å²) in [6.45, 7) is 1.76. The summed E-state index contributed by atoms with van der Waals surface area (Å²) in [4.78, 5) is 15.5. The molecule has 1 heterocycles. The Morgan fingerprint density at radius 2 is 1.77 bits per heavy atom. The van der Waals surface area contributed by atoms with Crippen molar-refractivity contribution >= 4 is 21.6 Å². The summed E-state index contributed by atoms with van der Waals surface area (Å²) in [5.41, 5.74) is 0.854. The highest BCUT2D eigenvalue weighted by molar-refractivity contribution is 7.91. The Kier molecular flexibility index (Phi) is 4.51. The molecule has 22 heavy (non-hydrogen) atoms. The largest absolute Gasteiger partial charge is 0.341 e. The molecule has 1 amide bonds. The molecule has 8 heteroatoms. The van der Waals surface area contributed by atoms with E-state index in [1.54, 1.807) is 25.1 Å². The first-order valence-electron chi connectivity index (χ1n) is 6.18. The summed E-state index contributed by atoms with van der Waals surface area (Å²) in [6, 6.07) is 9.36. The minimum absolute atomic E-state index is 0.136. The van der Waals surface area contributed by atoms with E-state index in [-0.39, 0.29) is 5.56 Å². The van der Waals surface area contributed by atoms with Crippen molar-refractivity contribution in [2.75, 3.05) is 5.32 Å². The predicted molar refractivity (Wildman–Crippen MR) is 76.6 cm³/mol. The zero-order chi connectivity index (χ0) is 16.3. The molecule has 0 unspecified atom stereocenters. The fraction of sp³-hybridized carbons (Fsp3) is 0.143. The van der Waals surface area contributed by atoms with E-state index in [1.807, 2.05) is 0 Å². The van der Waals surface area contributed by atoms with Gasteiger partial charge in [-0.15, -0.1) is 0 Å². The van der Waals surface area contributed by atoms with Crippen LogP contribution in [0.2, 0.25) is 0 Å². The summed E-state index contributed by atoms with van der Waals surface area (Å²) >= 11 is 0. The summed E-state index contributed by atoms with van der Waals surface area (Å²) in [7, 11) is -4.66. The second kappa shape index (κ2) is 6.18. The molecule has 1 aromatic heterocycles. The van der Waals surface area contributed by atoms with Crippen LogP contribution in [-0.4, -0.2) is 25.1 Å². The Bertz CT molecular complexity index is 790. The number of rotatable bonds is 4. The third-order valence-electron chi connectivity index (χ3n) is 2.81. The van der Waals surface area contributed by atoms with Gasteiger partial charge in [0.05, 0.1) is 4.90 Å². The number of anilines is 1. The predicted octanol–water partition coefficient (Wildman–Crippen LogP) is 2.64. The quantitative estimate of drug-likeness (QED) is 0.937. The Balaban J connectivity index is 2.19. The molecule has 0 radical (unpaired) electrons. The van der Waals surface area contributed by atoms with E-state index < -0.39 is 26.4 Å². The molecule has 0 fully saturated rings. The first kappa shape index (κ1) is 16.0. The highest BCUT2D eigenvalue weighted by atomic mass is 32.2. The Labute approximate surface area is 125 Å². The van der Waals surface area contributed by atoms with Crippen molar-refractivity contribution in [3.05, 3.63) is 53.7 Å². The van der Waals surface area contributed by atoms with Crippen LogP contribution in [0, 0.1) is 6.92 Å². The standard InChI is InChI=1S/C14H12F2N2O3S/c1-9-3-2-4-12(17-9)18-13(19)10-5-7-11(8-6-10)22(20,21)14(15)16/h2-8,14H,1H3,(H,17,18,19). The van der Waals surface area contributed by atoms with E-state index in [2.05, 4.69) is 10.3 Å². The molecule has 0 aliphatic carbocycles. The monoisotopic (exact) mass is 326 g/mol. The smallest absolute Gasteiger partial charge is 0.307 e. The molecule has 0 aliphatic heterocycles. The first-order chi connectivity index (χ1) is 10.3. The maximum atomic E-state index is 12.4. The zero-order valence-electron chi connectivity index (χ0n) is 11.5. The third kappa shape index (κ3) is 3.45. The number of aryl methyl sites for hydroxylation is 1. The number of amides is 1. The van der Waals surface area contributed by atoms with Crippen molar-refractivity contribution in [3.63, 3.8) is 0 Å². The summed E-state index contributed by atoms with van der Waals surface area (Å²) in [6.07, 6.45) is 0. The topological polar surface area (TPSA) is 76.1 Å². The van der Waals surface area contributed by atoms with Gasteiger partial charge in [-0.2, -0.15) is 8.78 Å². The summed E-state index contributed by atoms with van der Waals surface area (Å²) in [5, 5.41) is 2.53. The van der Waals surface area contributed by atoms with Crippen LogP contribution in [0.15, 0.2) is 47.4 Å². The number of carbonyl (C=O) groups excluding carboxylic acids is 1. The van der Waals surface area contributed by atoms with Crippen LogP contribution in [0.5, 0.6) is 0 Å². The lowest BCUT2D eigenvalue weighted by Crippen LogP contribution is -2.14. The minimum Gasteiger partial charge on any atom is -0.307 e. The fourth-order valence-corrected chi connectivity index (χ4v) is 2.42. The van der Waals surface area contributed by atoms with E-state index in [4.69, 9.17) is 0 Å². The van der Waals surface area contributed by atoms with Gasteiger partial charge in [0.15, 0.2) is 0 Å². The van der Waals surface area contributed by atoms with Gasteiger partial charge >= 0.3 is 5.76 Å². The van der Waals surface area contributed by atoms with Crippen LogP contribution in [0.3, 0.4) is 0 Å². The number of pyridine rings is 1. The van der Waals surface area contributed by atoms with Crippen molar-refractivity contribution in [3.8, 4) is 0 Å². The van der Waals surface area contributed by atoms with Crippen molar-refractivity contribution in [2.24, 2.45) is 0 Å². The first-order valence-corrected chi connectivity index (χ1v) is 7.72. The molecule has 0 saturated heterocycles. The Morgan fingerprint density at radius 3 is 2.32 bits per heavy atom. The molecule has 1 N–H and O–H groups in total. The van der Waals surface area contributed by atoms with Crippen molar-refractivity contribution in [1.82, 2.24) is 4.98 Å². The molecule has 5 nitrogen and oxygen atoms in total. The van der Waals surface area contributed by atoms with E-state index in [0.717, 1.165) is 17.8 Å². The van der Waals surface area contributed by atoms with Crippen LogP contribution in [0.1, 0.15) is 16.1 Å². The molecule has 0 saturated carbocycles. The Hall–Kier alpha value is -2.35. The van der Waals surface area contributed by atoms with E-state index in [0.29, 0.717) is 5.82 Å². The molecule has 2 aromatic rings. The summed E-state index contributed by atoms with van der Waals surface area (Å²) < 4.78 is 47.4. The average molecular weight is 326 g/mol. The van der Waals surface area contributed by atoms with Gasteiger partial charge in [-0.1, -0.05) is 6.07 Å². The average Bonchev–Trinajstić information content (AvgIpc) is 2.47. The molecule has 0 atom stereocenters. The van der Waals surface area contributed by atoms with E-state index in [9.17, 15) is 22.0 Å². The van der Waals surface area contributed by atoms with Crippen LogP contribution < -0.4 is 5.32 Å². The maximum absolute atomic E-state index is 12.4. The molecule has 0 aliphatic rings. The lowest BCUT2D eigenvalue weighted by atomic mass is 10.2. The number of carbonyl (C=O) groups is 1. The lowest BCUT2D eigenvalue weighted by Gasteiger charge is -2.06. The highest BCUT2D eigenvalue weighted by Crippen LogP contribution is 2.19. The van der Waals surface area contributed by atoms with Gasteiger partial charge in [-0.3, -0.25) is 4.79 Å². The van der Waals surface area contributed by atoms with Gasteiger partial charge in [0.1, 0.15) is 5.82 Å². The number of nitrogens with zero attached hydrogens (tertiary/aromatic N) is 1. The van der Waals surface area contributed by atoms with Crippen molar-refractivity contribution in [1.29, 1.82) is 0 Å². The molecular formula is C14H12F2N2O3S. The van der Waals surface area contributed by atoms with E-state index in [1.165, 1.54) is 12.1 Å². The van der Waals surface area contributed by atoms with Gasteiger partial charge in [0.25, 0.3) is 5.91 Å². The van der Waals surface area contributed by atoms with Gasteiger partial charge < -0.3 is 5.32 Å².